The molecular formula is C21H23FN4O2. The lowest BCUT2D eigenvalue weighted by molar-refractivity contribution is 0.0141. The average Bonchev–Trinajstić information content (AvgIpc) is 3.34. The number of fused-ring (bicyclic) bond motifs is 1. The standard InChI is InChI=1S/C21H23FN4O2/c1-13-6-14(8-15(22)7-13)20(27)25-9-16-17-11-26(19-10-23-4-5-24-19)12-21(17)3-2-18(16)28-21/h4-8,10,16-18H,2-3,9,11-12H2,1H3,(H,25,27)/t16-,17+,18+,21+/m0/s1. The molecule has 1 N–H and O–H groups in total. The van der Waals surface area contributed by atoms with Crippen molar-refractivity contribution in [3.63, 3.8) is 0 Å². The van der Waals surface area contributed by atoms with Gasteiger partial charge in [-0.25, -0.2) is 9.37 Å². The van der Waals surface area contributed by atoms with Crippen LogP contribution in [0.5, 0.6) is 0 Å². The molecule has 0 aliphatic carbocycles. The van der Waals surface area contributed by atoms with E-state index in [9.17, 15) is 9.18 Å². The van der Waals surface area contributed by atoms with E-state index in [4.69, 9.17) is 4.74 Å². The molecule has 3 fully saturated rings. The van der Waals surface area contributed by atoms with Crippen molar-refractivity contribution in [2.24, 2.45) is 11.8 Å². The van der Waals surface area contributed by atoms with Gasteiger partial charge in [-0.2, -0.15) is 0 Å². The van der Waals surface area contributed by atoms with Crippen LogP contribution in [-0.4, -0.2) is 47.2 Å². The van der Waals surface area contributed by atoms with E-state index < -0.39 is 0 Å². The third kappa shape index (κ3) is 2.85. The zero-order chi connectivity index (χ0) is 19.3. The molecule has 2 bridgehead atoms. The summed E-state index contributed by atoms with van der Waals surface area (Å²) in [5, 5.41) is 3.01. The number of nitrogens with zero attached hydrogens (tertiary/aromatic N) is 3. The first kappa shape index (κ1) is 17.6. The van der Waals surface area contributed by atoms with Gasteiger partial charge < -0.3 is 15.0 Å². The van der Waals surface area contributed by atoms with Crippen LogP contribution in [0.15, 0.2) is 36.8 Å². The molecule has 0 radical (unpaired) electrons. The maximum Gasteiger partial charge on any atom is 0.251 e. The topological polar surface area (TPSA) is 67.4 Å². The molecule has 3 aliphatic heterocycles. The normalized spacial score (nSPS) is 30.5. The first-order valence-corrected chi connectivity index (χ1v) is 9.78. The van der Waals surface area contributed by atoms with Crippen LogP contribution in [0.1, 0.15) is 28.8 Å². The Morgan fingerprint density at radius 3 is 3.07 bits per heavy atom. The summed E-state index contributed by atoms with van der Waals surface area (Å²) < 4.78 is 20.0. The molecule has 0 unspecified atom stereocenters. The highest BCUT2D eigenvalue weighted by Gasteiger charge is 2.63. The van der Waals surface area contributed by atoms with Gasteiger partial charge in [0.15, 0.2) is 0 Å². The van der Waals surface area contributed by atoms with Crippen molar-refractivity contribution in [1.29, 1.82) is 0 Å². The van der Waals surface area contributed by atoms with Crippen molar-refractivity contribution in [2.75, 3.05) is 24.5 Å². The second kappa shape index (κ2) is 6.51. The van der Waals surface area contributed by atoms with Crippen molar-refractivity contribution in [2.45, 2.75) is 31.5 Å². The highest BCUT2D eigenvalue weighted by molar-refractivity contribution is 5.94. The van der Waals surface area contributed by atoms with Crippen LogP contribution >= 0.6 is 0 Å². The Morgan fingerprint density at radius 2 is 2.29 bits per heavy atom. The van der Waals surface area contributed by atoms with Gasteiger partial charge in [0.25, 0.3) is 5.91 Å². The van der Waals surface area contributed by atoms with E-state index in [0.717, 1.165) is 37.3 Å². The summed E-state index contributed by atoms with van der Waals surface area (Å²) in [6, 6.07) is 4.42. The Bertz CT molecular complexity index is 888. The number of nitrogens with one attached hydrogen (secondary N) is 1. The summed E-state index contributed by atoms with van der Waals surface area (Å²) in [4.78, 5) is 23.4. The van der Waals surface area contributed by atoms with Crippen LogP contribution in [0.4, 0.5) is 10.2 Å². The number of anilines is 1. The predicted octanol–water partition coefficient (Wildman–Crippen LogP) is 2.34. The molecular weight excluding hydrogens is 359 g/mol. The SMILES string of the molecule is Cc1cc(F)cc(C(=O)NC[C@H]2[C@H]3CN(c4cnccn4)C[C@]34CC[C@H]2O4)c1. The molecule has 3 aliphatic rings. The number of aryl methyl sites for hydroxylation is 1. The lowest BCUT2D eigenvalue weighted by Crippen LogP contribution is -2.41. The van der Waals surface area contributed by atoms with Crippen LogP contribution in [0.3, 0.4) is 0 Å². The van der Waals surface area contributed by atoms with Gasteiger partial charge in [0.05, 0.1) is 17.9 Å². The Labute approximate surface area is 163 Å². The fraction of sp³-hybridized carbons (Fsp3) is 0.476. The first-order valence-electron chi connectivity index (χ1n) is 9.78. The molecule has 0 saturated carbocycles. The Hall–Kier alpha value is -2.54. The fourth-order valence-corrected chi connectivity index (χ4v) is 5.27. The van der Waals surface area contributed by atoms with Gasteiger partial charge in [-0.05, 0) is 43.5 Å². The maximum absolute atomic E-state index is 13.6. The van der Waals surface area contributed by atoms with E-state index in [0.29, 0.717) is 18.0 Å². The van der Waals surface area contributed by atoms with Crippen LogP contribution < -0.4 is 10.2 Å². The van der Waals surface area contributed by atoms with Gasteiger partial charge in [-0.3, -0.25) is 9.78 Å². The van der Waals surface area contributed by atoms with E-state index in [1.165, 1.54) is 12.1 Å². The zero-order valence-electron chi connectivity index (χ0n) is 15.8. The zero-order valence-corrected chi connectivity index (χ0v) is 15.8. The number of hydrogen-bond donors (Lipinski definition) is 1. The smallest absolute Gasteiger partial charge is 0.251 e. The highest BCUT2D eigenvalue weighted by Crippen LogP contribution is 2.55. The van der Waals surface area contributed by atoms with Crippen LogP contribution in [-0.2, 0) is 4.74 Å². The van der Waals surface area contributed by atoms with E-state index in [2.05, 4.69) is 20.2 Å². The minimum Gasteiger partial charge on any atom is -0.369 e. The molecule has 3 saturated heterocycles. The van der Waals surface area contributed by atoms with Gasteiger partial charge in [-0.1, -0.05) is 0 Å². The number of carbonyl (C=O) groups is 1. The van der Waals surface area contributed by atoms with Crippen molar-refractivity contribution < 1.29 is 13.9 Å². The number of hydrogen-bond acceptors (Lipinski definition) is 5. The van der Waals surface area contributed by atoms with Gasteiger partial charge in [0, 0.05) is 49.4 Å². The number of halogens is 1. The second-order valence-electron chi connectivity index (χ2n) is 8.20. The molecule has 6 nitrogen and oxygen atoms in total. The van der Waals surface area contributed by atoms with E-state index in [1.807, 2.05) is 0 Å². The van der Waals surface area contributed by atoms with Crippen molar-refractivity contribution in [3.05, 3.63) is 53.7 Å². The minimum absolute atomic E-state index is 0.146. The van der Waals surface area contributed by atoms with E-state index in [1.54, 1.807) is 31.6 Å². The highest BCUT2D eigenvalue weighted by atomic mass is 19.1. The molecule has 1 spiro atoms. The second-order valence-corrected chi connectivity index (χ2v) is 8.20. The van der Waals surface area contributed by atoms with Crippen molar-refractivity contribution >= 4 is 11.7 Å². The molecule has 1 amide bonds. The predicted molar refractivity (Wildman–Crippen MR) is 102 cm³/mol. The quantitative estimate of drug-likeness (QED) is 0.879. The Balaban J connectivity index is 1.29. The fourth-order valence-electron chi connectivity index (χ4n) is 5.27. The molecule has 1 aromatic carbocycles. The molecule has 146 valence electrons. The summed E-state index contributed by atoms with van der Waals surface area (Å²) in [6.45, 7) is 4.00. The van der Waals surface area contributed by atoms with Crippen LogP contribution in [0.2, 0.25) is 0 Å². The summed E-state index contributed by atoms with van der Waals surface area (Å²) in [6.07, 6.45) is 7.42. The third-order valence-electron chi connectivity index (χ3n) is 6.46. The molecule has 4 atom stereocenters. The molecule has 4 heterocycles. The first-order chi connectivity index (χ1) is 13.5. The van der Waals surface area contributed by atoms with Gasteiger partial charge in [0.1, 0.15) is 11.6 Å². The average molecular weight is 382 g/mol. The lowest BCUT2D eigenvalue weighted by Gasteiger charge is -2.29. The molecule has 7 heteroatoms. The van der Waals surface area contributed by atoms with Gasteiger partial charge in [0.2, 0.25) is 0 Å². The summed E-state index contributed by atoms with van der Waals surface area (Å²) in [5.41, 5.74) is 0.958. The number of amides is 1. The van der Waals surface area contributed by atoms with Crippen LogP contribution in [0, 0.1) is 24.6 Å². The Kier molecular flexibility index (Phi) is 4.08. The van der Waals surface area contributed by atoms with Crippen LogP contribution in [0.25, 0.3) is 0 Å². The number of aromatic nitrogens is 2. The molecule has 28 heavy (non-hydrogen) atoms. The van der Waals surface area contributed by atoms with Gasteiger partial charge in [-0.15, -0.1) is 0 Å². The number of benzene rings is 1. The van der Waals surface area contributed by atoms with Gasteiger partial charge >= 0.3 is 0 Å². The number of rotatable bonds is 4. The molecule has 1 aromatic heterocycles. The number of ether oxygens (including phenoxy) is 1. The molecule has 2 aromatic rings. The monoisotopic (exact) mass is 382 g/mol. The summed E-state index contributed by atoms with van der Waals surface area (Å²) >= 11 is 0. The maximum atomic E-state index is 13.6. The molecule has 5 rings (SSSR count). The number of carbonyl (C=O) groups excluding carboxylic acids is 1. The summed E-state index contributed by atoms with van der Waals surface area (Å²) in [5.74, 6) is 0.860. The Morgan fingerprint density at radius 1 is 1.39 bits per heavy atom. The largest absolute Gasteiger partial charge is 0.369 e. The third-order valence-corrected chi connectivity index (χ3v) is 6.46. The lowest BCUT2D eigenvalue weighted by atomic mass is 9.73. The summed E-state index contributed by atoms with van der Waals surface area (Å²) in [7, 11) is 0. The van der Waals surface area contributed by atoms with E-state index >= 15 is 0 Å². The van der Waals surface area contributed by atoms with Crippen molar-refractivity contribution in [1.82, 2.24) is 15.3 Å². The minimum atomic E-state index is -0.386. The van der Waals surface area contributed by atoms with E-state index in [-0.39, 0.29) is 29.3 Å². The van der Waals surface area contributed by atoms with Crippen molar-refractivity contribution in [3.8, 4) is 0 Å².